The van der Waals surface area contributed by atoms with E-state index < -0.39 is 18.5 Å². The number of methoxy groups -OCH3 is 2. The van der Waals surface area contributed by atoms with Crippen LogP contribution in [-0.4, -0.2) is 52.9 Å². The van der Waals surface area contributed by atoms with E-state index >= 15 is 0 Å². The molecule has 1 amide bonds. The second kappa shape index (κ2) is 8.27. The standard InChI is InChI=1S/C16H15N5O5S/c1-24-10-3-4-13(25-2)11(7-10)18-14(22)8-26-16(23)15-12(5-6-27-15)21-9-17-19-20-21/h3-7,9H,8H2,1-2H3,(H,18,22). The molecule has 0 spiro atoms. The molecule has 0 aliphatic carbocycles. The maximum atomic E-state index is 12.3. The van der Waals surface area contributed by atoms with Crippen LogP contribution in [0.5, 0.6) is 11.5 Å². The molecule has 0 aliphatic heterocycles. The molecule has 0 atom stereocenters. The van der Waals surface area contributed by atoms with Crippen LogP contribution in [0.2, 0.25) is 0 Å². The summed E-state index contributed by atoms with van der Waals surface area (Å²) in [6.07, 6.45) is 1.36. The summed E-state index contributed by atoms with van der Waals surface area (Å²) in [7, 11) is 2.99. The molecule has 11 heteroatoms. The second-order valence-electron chi connectivity index (χ2n) is 5.08. The number of thiophene rings is 1. The molecule has 10 nitrogen and oxygen atoms in total. The Labute approximate surface area is 157 Å². The van der Waals surface area contributed by atoms with Crippen LogP contribution in [0.25, 0.3) is 5.69 Å². The van der Waals surface area contributed by atoms with Crippen LogP contribution >= 0.6 is 11.3 Å². The van der Waals surface area contributed by atoms with Crippen LogP contribution in [0.3, 0.4) is 0 Å². The Morgan fingerprint density at radius 1 is 1.22 bits per heavy atom. The highest BCUT2D eigenvalue weighted by molar-refractivity contribution is 7.12. The van der Waals surface area contributed by atoms with E-state index in [4.69, 9.17) is 14.2 Å². The van der Waals surface area contributed by atoms with E-state index in [0.29, 0.717) is 22.9 Å². The van der Waals surface area contributed by atoms with Crippen molar-refractivity contribution in [3.63, 3.8) is 0 Å². The topological polar surface area (TPSA) is 117 Å². The quantitative estimate of drug-likeness (QED) is 0.605. The Morgan fingerprint density at radius 3 is 2.78 bits per heavy atom. The van der Waals surface area contributed by atoms with Gasteiger partial charge in [0.1, 0.15) is 22.7 Å². The SMILES string of the molecule is COc1ccc(OC)c(NC(=O)COC(=O)c2sccc2-n2cnnn2)c1. The van der Waals surface area contributed by atoms with Crippen LogP contribution in [0.4, 0.5) is 5.69 Å². The first-order chi connectivity index (χ1) is 13.1. The van der Waals surface area contributed by atoms with E-state index in [2.05, 4.69) is 20.8 Å². The van der Waals surface area contributed by atoms with Gasteiger partial charge in [-0.1, -0.05) is 0 Å². The third-order valence-corrected chi connectivity index (χ3v) is 4.32. The van der Waals surface area contributed by atoms with Gasteiger partial charge in [0.05, 0.1) is 25.6 Å². The minimum Gasteiger partial charge on any atom is -0.497 e. The maximum absolute atomic E-state index is 12.3. The molecule has 2 heterocycles. The number of aromatic nitrogens is 4. The van der Waals surface area contributed by atoms with Crippen molar-refractivity contribution in [3.05, 3.63) is 40.8 Å². The van der Waals surface area contributed by atoms with Gasteiger partial charge in [0, 0.05) is 6.07 Å². The highest BCUT2D eigenvalue weighted by atomic mass is 32.1. The number of hydrogen-bond acceptors (Lipinski definition) is 9. The Bertz CT molecular complexity index is 941. The van der Waals surface area contributed by atoms with Crippen LogP contribution in [-0.2, 0) is 9.53 Å². The molecule has 3 rings (SSSR count). The van der Waals surface area contributed by atoms with Crippen molar-refractivity contribution in [1.29, 1.82) is 0 Å². The molecule has 1 N–H and O–H groups in total. The van der Waals surface area contributed by atoms with Gasteiger partial charge in [-0.25, -0.2) is 4.79 Å². The number of carbonyl (C=O) groups is 2. The lowest BCUT2D eigenvalue weighted by atomic mass is 10.2. The molecule has 0 saturated heterocycles. The minimum absolute atomic E-state index is 0.286. The number of esters is 1. The average Bonchev–Trinajstić information content (AvgIpc) is 3.37. The summed E-state index contributed by atoms with van der Waals surface area (Å²) in [5.41, 5.74) is 0.883. The summed E-state index contributed by atoms with van der Waals surface area (Å²) >= 11 is 1.16. The number of nitrogens with zero attached hydrogens (tertiary/aromatic N) is 4. The van der Waals surface area contributed by atoms with E-state index in [-0.39, 0.29) is 4.88 Å². The molecule has 0 bridgehead atoms. The molecule has 27 heavy (non-hydrogen) atoms. The largest absolute Gasteiger partial charge is 0.497 e. The number of carbonyl (C=O) groups excluding carboxylic acids is 2. The van der Waals surface area contributed by atoms with E-state index in [1.165, 1.54) is 25.2 Å². The summed E-state index contributed by atoms with van der Waals surface area (Å²) in [5.74, 6) is -0.166. The van der Waals surface area contributed by atoms with Crippen molar-refractivity contribution in [2.24, 2.45) is 0 Å². The molecular weight excluding hydrogens is 374 g/mol. The number of nitrogens with one attached hydrogen (secondary N) is 1. The first kappa shape index (κ1) is 18.3. The summed E-state index contributed by atoms with van der Waals surface area (Å²) in [5, 5.41) is 15.1. The van der Waals surface area contributed by atoms with E-state index in [1.807, 2.05) is 0 Å². The predicted octanol–water partition coefficient (Wildman–Crippen LogP) is 1.54. The molecule has 0 fully saturated rings. The van der Waals surface area contributed by atoms with Crippen molar-refractivity contribution in [1.82, 2.24) is 20.2 Å². The number of anilines is 1. The molecule has 1 aromatic carbocycles. The van der Waals surface area contributed by atoms with Crippen LogP contribution in [0.15, 0.2) is 36.0 Å². The predicted molar refractivity (Wildman–Crippen MR) is 95.5 cm³/mol. The summed E-state index contributed by atoms with van der Waals surface area (Å²) in [6, 6.07) is 6.64. The van der Waals surface area contributed by atoms with Gasteiger partial charge in [0.2, 0.25) is 0 Å². The lowest BCUT2D eigenvalue weighted by Crippen LogP contribution is -2.21. The third-order valence-electron chi connectivity index (χ3n) is 3.44. The number of ether oxygens (including phenoxy) is 3. The van der Waals surface area contributed by atoms with Gasteiger partial charge in [-0.15, -0.1) is 16.4 Å². The van der Waals surface area contributed by atoms with Crippen molar-refractivity contribution in [3.8, 4) is 17.2 Å². The Hall–Kier alpha value is -3.47. The van der Waals surface area contributed by atoms with Gasteiger partial charge in [0.15, 0.2) is 6.61 Å². The summed E-state index contributed by atoms with van der Waals surface area (Å²) in [4.78, 5) is 24.7. The molecule has 2 aromatic heterocycles. The maximum Gasteiger partial charge on any atom is 0.351 e. The van der Waals surface area contributed by atoms with Gasteiger partial charge >= 0.3 is 5.97 Å². The smallest absolute Gasteiger partial charge is 0.351 e. The first-order valence-electron chi connectivity index (χ1n) is 7.62. The lowest BCUT2D eigenvalue weighted by Gasteiger charge is -2.12. The normalized spacial score (nSPS) is 10.3. The van der Waals surface area contributed by atoms with E-state index in [1.54, 1.807) is 29.6 Å². The average molecular weight is 389 g/mol. The highest BCUT2D eigenvalue weighted by Gasteiger charge is 2.19. The van der Waals surface area contributed by atoms with Crippen molar-refractivity contribution in [2.75, 3.05) is 26.1 Å². The summed E-state index contributed by atoms with van der Waals surface area (Å²) < 4.78 is 16.7. The van der Waals surface area contributed by atoms with E-state index in [0.717, 1.165) is 11.3 Å². The zero-order valence-corrected chi connectivity index (χ0v) is 15.2. The second-order valence-corrected chi connectivity index (χ2v) is 6.00. The third kappa shape index (κ3) is 4.20. The molecule has 3 aromatic rings. The molecule has 0 unspecified atom stereocenters. The zero-order valence-electron chi connectivity index (χ0n) is 14.4. The molecule has 0 radical (unpaired) electrons. The number of benzene rings is 1. The highest BCUT2D eigenvalue weighted by Crippen LogP contribution is 2.28. The Morgan fingerprint density at radius 2 is 2.07 bits per heavy atom. The van der Waals surface area contributed by atoms with Gasteiger partial charge in [-0.05, 0) is 34.0 Å². The van der Waals surface area contributed by atoms with Crippen LogP contribution in [0, 0.1) is 0 Å². The van der Waals surface area contributed by atoms with Gasteiger partial charge in [0.25, 0.3) is 5.91 Å². The van der Waals surface area contributed by atoms with Crippen molar-refractivity contribution < 1.29 is 23.8 Å². The number of amides is 1. The molecule has 0 aliphatic rings. The Kier molecular flexibility index (Phi) is 5.61. The van der Waals surface area contributed by atoms with Gasteiger partial charge < -0.3 is 19.5 Å². The lowest BCUT2D eigenvalue weighted by molar-refractivity contribution is -0.119. The number of tetrazole rings is 1. The molecular formula is C16H15N5O5S. The minimum atomic E-state index is -0.650. The fourth-order valence-electron chi connectivity index (χ4n) is 2.20. The number of rotatable bonds is 7. The van der Waals surface area contributed by atoms with Crippen molar-refractivity contribution >= 4 is 28.9 Å². The fourth-order valence-corrected chi connectivity index (χ4v) is 2.97. The number of hydrogen-bond donors (Lipinski definition) is 1. The van der Waals surface area contributed by atoms with Gasteiger partial charge in [-0.2, -0.15) is 4.68 Å². The monoisotopic (exact) mass is 389 g/mol. The Balaban J connectivity index is 1.63. The zero-order chi connectivity index (χ0) is 19.2. The van der Waals surface area contributed by atoms with Crippen molar-refractivity contribution in [2.45, 2.75) is 0 Å². The molecule has 140 valence electrons. The van der Waals surface area contributed by atoms with Gasteiger partial charge in [-0.3, -0.25) is 4.79 Å². The van der Waals surface area contributed by atoms with Crippen LogP contribution in [0.1, 0.15) is 9.67 Å². The molecule has 0 saturated carbocycles. The first-order valence-corrected chi connectivity index (χ1v) is 8.50. The fraction of sp³-hybridized carbons (Fsp3) is 0.188. The van der Waals surface area contributed by atoms with E-state index in [9.17, 15) is 9.59 Å². The summed E-state index contributed by atoms with van der Waals surface area (Å²) in [6.45, 7) is -0.466. The van der Waals surface area contributed by atoms with Crippen LogP contribution < -0.4 is 14.8 Å².